The molecule has 0 radical (unpaired) electrons. The lowest BCUT2D eigenvalue weighted by Crippen LogP contribution is -2.33. The Balaban J connectivity index is 1.45. The van der Waals surface area contributed by atoms with Gasteiger partial charge in [0.2, 0.25) is 10.0 Å². The summed E-state index contributed by atoms with van der Waals surface area (Å²) in [4.78, 5) is 12.5. The average Bonchev–Trinajstić information content (AvgIpc) is 3.56. The molecule has 0 aliphatic heterocycles. The van der Waals surface area contributed by atoms with Gasteiger partial charge in [-0.25, -0.2) is 8.42 Å². The second-order valence-electron chi connectivity index (χ2n) is 8.21. The van der Waals surface area contributed by atoms with E-state index in [1.54, 1.807) is 36.4 Å². The number of nitrogens with zero attached hydrogens (tertiary/aromatic N) is 1. The number of benzene rings is 3. The molecule has 0 aromatic heterocycles. The van der Waals surface area contributed by atoms with Crippen molar-refractivity contribution in [3.05, 3.63) is 100 Å². The summed E-state index contributed by atoms with van der Waals surface area (Å²) >= 11 is 12.1. The summed E-state index contributed by atoms with van der Waals surface area (Å²) in [6.45, 7) is 1.10. The first-order valence-corrected chi connectivity index (χ1v) is 12.9. The first kappa shape index (κ1) is 23.8. The number of carbonyl (C=O) groups excluding carboxylic acids is 1. The Morgan fingerprint density at radius 3 is 2.33 bits per heavy atom. The van der Waals surface area contributed by atoms with Crippen LogP contribution in [0.1, 0.15) is 22.3 Å². The molecule has 172 valence electrons. The predicted octanol–water partition coefficient (Wildman–Crippen LogP) is 5.25. The summed E-state index contributed by atoms with van der Waals surface area (Å²) in [6, 6.07) is 22.4. The zero-order valence-corrected chi connectivity index (χ0v) is 20.2. The maximum Gasteiger partial charge on any atom is 0.251 e. The molecule has 0 saturated heterocycles. The molecule has 8 heteroatoms. The largest absolute Gasteiger partial charge is 0.352 e. The number of sulfonamides is 1. The van der Waals surface area contributed by atoms with E-state index in [0.717, 1.165) is 12.0 Å². The van der Waals surface area contributed by atoms with Gasteiger partial charge in [-0.05, 0) is 72.4 Å². The fourth-order valence-electron chi connectivity index (χ4n) is 3.80. The normalized spacial score (nSPS) is 17.7. The van der Waals surface area contributed by atoms with Gasteiger partial charge in [-0.1, -0.05) is 53.5 Å². The van der Waals surface area contributed by atoms with E-state index in [-0.39, 0.29) is 29.2 Å². The summed E-state index contributed by atoms with van der Waals surface area (Å²) in [7, 11) is -3.74. The fraction of sp³-hybridized carbons (Fsp3) is 0.240. The fourth-order valence-corrected chi connectivity index (χ4v) is 5.63. The number of halogens is 2. The molecule has 2 unspecified atom stereocenters. The van der Waals surface area contributed by atoms with Crippen LogP contribution in [0.5, 0.6) is 0 Å². The monoisotopic (exact) mass is 502 g/mol. The number of amides is 1. The van der Waals surface area contributed by atoms with E-state index >= 15 is 0 Å². The number of nitrogens with one attached hydrogen (secondary N) is 1. The van der Waals surface area contributed by atoms with Crippen molar-refractivity contribution in [1.82, 2.24) is 9.62 Å². The zero-order valence-electron chi connectivity index (χ0n) is 17.8. The lowest BCUT2D eigenvalue weighted by Gasteiger charge is -2.23. The Morgan fingerprint density at radius 2 is 1.64 bits per heavy atom. The first-order chi connectivity index (χ1) is 15.8. The topological polar surface area (TPSA) is 66.5 Å². The summed E-state index contributed by atoms with van der Waals surface area (Å²) in [5.41, 5.74) is 1.43. The van der Waals surface area contributed by atoms with Gasteiger partial charge in [-0.2, -0.15) is 4.31 Å². The molecule has 33 heavy (non-hydrogen) atoms. The summed E-state index contributed by atoms with van der Waals surface area (Å²) in [6.07, 6.45) is 0.858. The lowest BCUT2D eigenvalue weighted by molar-refractivity contribution is 0.0951. The van der Waals surface area contributed by atoms with Gasteiger partial charge >= 0.3 is 0 Å². The molecule has 5 nitrogen and oxygen atoms in total. The molecule has 0 spiro atoms. The van der Waals surface area contributed by atoms with E-state index in [1.165, 1.54) is 16.4 Å². The van der Waals surface area contributed by atoms with Crippen molar-refractivity contribution in [2.24, 2.45) is 11.8 Å². The van der Waals surface area contributed by atoms with Crippen molar-refractivity contribution in [3.63, 3.8) is 0 Å². The highest BCUT2D eigenvalue weighted by Gasteiger charge is 2.40. The zero-order chi connectivity index (χ0) is 23.4. The predicted molar refractivity (Wildman–Crippen MR) is 131 cm³/mol. The highest BCUT2D eigenvalue weighted by molar-refractivity contribution is 7.89. The van der Waals surface area contributed by atoms with Gasteiger partial charge in [0.15, 0.2) is 0 Å². The second-order valence-corrected chi connectivity index (χ2v) is 11.0. The SMILES string of the molecule is O=C(NCC1CC1CN(Cc1cccc(Cl)c1)S(=O)(=O)c1ccc(Cl)cc1)c1ccccc1. The molecular weight excluding hydrogens is 479 g/mol. The van der Waals surface area contributed by atoms with Gasteiger partial charge in [-0.3, -0.25) is 4.79 Å². The second kappa shape index (κ2) is 10.3. The minimum absolute atomic E-state index is 0.120. The van der Waals surface area contributed by atoms with Crippen LogP contribution in [-0.2, 0) is 16.6 Å². The number of carbonyl (C=O) groups is 1. The molecule has 0 heterocycles. The highest BCUT2D eigenvalue weighted by atomic mass is 35.5. The Bertz CT molecular complexity index is 1220. The average molecular weight is 503 g/mol. The summed E-state index contributed by atoms with van der Waals surface area (Å²) in [5, 5.41) is 4.00. The van der Waals surface area contributed by atoms with Crippen LogP contribution in [0.4, 0.5) is 0 Å². The van der Waals surface area contributed by atoms with Crippen LogP contribution >= 0.6 is 23.2 Å². The maximum atomic E-state index is 13.4. The lowest BCUT2D eigenvalue weighted by atomic mass is 10.2. The third-order valence-electron chi connectivity index (χ3n) is 5.77. The minimum atomic E-state index is -3.74. The molecule has 4 rings (SSSR count). The van der Waals surface area contributed by atoms with Gasteiger partial charge in [0, 0.05) is 35.2 Å². The van der Waals surface area contributed by atoms with E-state index in [1.807, 2.05) is 30.3 Å². The van der Waals surface area contributed by atoms with E-state index in [2.05, 4.69) is 5.32 Å². The Hall–Kier alpha value is -2.38. The van der Waals surface area contributed by atoms with Crippen LogP contribution in [0, 0.1) is 11.8 Å². The molecule has 0 bridgehead atoms. The molecule has 1 fully saturated rings. The summed E-state index contributed by atoms with van der Waals surface area (Å²) < 4.78 is 28.4. The van der Waals surface area contributed by atoms with E-state index in [9.17, 15) is 13.2 Å². The quantitative estimate of drug-likeness (QED) is 0.434. The molecule has 1 aliphatic rings. The van der Waals surface area contributed by atoms with Crippen LogP contribution in [-0.4, -0.2) is 31.7 Å². The molecule has 3 aromatic rings. The molecule has 1 amide bonds. The van der Waals surface area contributed by atoms with Gasteiger partial charge in [0.25, 0.3) is 5.91 Å². The van der Waals surface area contributed by atoms with Crippen molar-refractivity contribution < 1.29 is 13.2 Å². The molecule has 1 saturated carbocycles. The van der Waals surface area contributed by atoms with Gasteiger partial charge in [0.05, 0.1) is 4.90 Å². The summed E-state index contributed by atoms with van der Waals surface area (Å²) in [5.74, 6) is 0.285. The molecule has 1 aliphatic carbocycles. The van der Waals surface area contributed by atoms with Crippen molar-refractivity contribution in [2.75, 3.05) is 13.1 Å². The van der Waals surface area contributed by atoms with E-state index in [4.69, 9.17) is 23.2 Å². The van der Waals surface area contributed by atoms with Gasteiger partial charge in [0.1, 0.15) is 0 Å². The van der Waals surface area contributed by atoms with Crippen LogP contribution in [0.2, 0.25) is 10.0 Å². The number of hydrogen-bond acceptors (Lipinski definition) is 3. The number of rotatable bonds is 9. The Morgan fingerprint density at radius 1 is 0.909 bits per heavy atom. The van der Waals surface area contributed by atoms with E-state index in [0.29, 0.717) is 28.7 Å². The van der Waals surface area contributed by atoms with Gasteiger partial charge in [-0.15, -0.1) is 0 Å². The third-order valence-corrected chi connectivity index (χ3v) is 8.08. The minimum Gasteiger partial charge on any atom is -0.352 e. The van der Waals surface area contributed by atoms with Crippen molar-refractivity contribution in [1.29, 1.82) is 0 Å². The molecule has 2 atom stereocenters. The third kappa shape index (κ3) is 6.15. The Kier molecular flexibility index (Phi) is 7.39. The van der Waals surface area contributed by atoms with Crippen LogP contribution in [0.3, 0.4) is 0 Å². The van der Waals surface area contributed by atoms with Crippen molar-refractivity contribution in [2.45, 2.75) is 17.9 Å². The smallest absolute Gasteiger partial charge is 0.251 e. The first-order valence-electron chi connectivity index (χ1n) is 10.7. The van der Waals surface area contributed by atoms with E-state index < -0.39 is 10.0 Å². The molecule has 3 aromatic carbocycles. The molecular formula is C25H24Cl2N2O3S. The standard InChI is InChI=1S/C25H24Cl2N2O3S/c26-22-9-11-24(12-10-22)33(31,32)29(16-18-5-4-8-23(27)13-18)17-21-14-20(21)15-28-25(30)19-6-2-1-3-7-19/h1-13,20-21H,14-17H2,(H,28,30). The van der Waals surface area contributed by atoms with Crippen LogP contribution in [0.25, 0.3) is 0 Å². The van der Waals surface area contributed by atoms with Crippen molar-refractivity contribution in [3.8, 4) is 0 Å². The van der Waals surface area contributed by atoms with Crippen molar-refractivity contribution >= 4 is 39.1 Å². The highest BCUT2D eigenvalue weighted by Crippen LogP contribution is 2.40. The number of hydrogen-bond donors (Lipinski definition) is 1. The van der Waals surface area contributed by atoms with Crippen LogP contribution < -0.4 is 5.32 Å². The van der Waals surface area contributed by atoms with Gasteiger partial charge < -0.3 is 5.32 Å². The maximum absolute atomic E-state index is 13.4. The molecule has 1 N–H and O–H groups in total. The van der Waals surface area contributed by atoms with Crippen LogP contribution in [0.15, 0.2) is 83.8 Å². The Labute approximate surface area is 204 Å².